The number of anilines is 1. The van der Waals surface area contributed by atoms with Crippen molar-refractivity contribution in [2.45, 2.75) is 54.5 Å². The first-order valence-corrected chi connectivity index (χ1v) is 12.7. The molecule has 3 unspecified atom stereocenters. The minimum absolute atomic E-state index is 0.0915. The fourth-order valence-electron chi connectivity index (χ4n) is 5.26. The summed E-state index contributed by atoms with van der Waals surface area (Å²) < 4.78 is 67.3. The lowest BCUT2D eigenvalue weighted by atomic mass is 9.74. The van der Waals surface area contributed by atoms with Crippen molar-refractivity contribution in [3.63, 3.8) is 0 Å². The number of hydrogen-bond donors (Lipinski definition) is 3. The van der Waals surface area contributed by atoms with E-state index >= 15 is 0 Å². The summed E-state index contributed by atoms with van der Waals surface area (Å²) in [6.07, 6.45) is 0.400. The summed E-state index contributed by atoms with van der Waals surface area (Å²) in [5.74, 6) is -6.29. The van der Waals surface area contributed by atoms with Gasteiger partial charge in [-0.25, -0.2) is 21.6 Å². The Hall–Kier alpha value is -2.14. The predicted molar refractivity (Wildman–Crippen MR) is 119 cm³/mol. The van der Waals surface area contributed by atoms with Crippen LogP contribution < -0.4 is 5.32 Å². The zero-order chi connectivity index (χ0) is 25.0. The van der Waals surface area contributed by atoms with Gasteiger partial charge in [-0.15, -0.1) is 0 Å². The molecule has 0 heterocycles. The highest BCUT2D eigenvalue weighted by atomic mass is 35.5. The Labute approximate surface area is 199 Å². The van der Waals surface area contributed by atoms with E-state index in [0.717, 1.165) is 6.07 Å². The first-order valence-electron chi connectivity index (χ1n) is 10.7. The predicted octanol–water partition coefficient (Wildman–Crippen LogP) is 4.08. The van der Waals surface area contributed by atoms with Gasteiger partial charge in [0.05, 0.1) is 26.9 Å². The van der Waals surface area contributed by atoms with E-state index in [0.29, 0.717) is 25.0 Å². The maximum atomic E-state index is 13.6. The van der Waals surface area contributed by atoms with Crippen molar-refractivity contribution >= 4 is 33.0 Å². The number of nitrogens with one attached hydrogen (secondary N) is 1. The zero-order valence-electron chi connectivity index (χ0n) is 18.1. The summed E-state index contributed by atoms with van der Waals surface area (Å²) in [5.41, 5.74) is -1.83. The van der Waals surface area contributed by atoms with E-state index in [1.54, 1.807) is 0 Å². The lowest BCUT2D eigenvalue weighted by Gasteiger charge is -2.42. The van der Waals surface area contributed by atoms with Crippen molar-refractivity contribution in [3.05, 3.63) is 58.4 Å². The number of halogens is 4. The average molecular weight is 518 g/mol. The molecule has 0 aromatic heterocycles. The highest BCUT2D eigenvalue weighted by molar-refractivity contribution is 7.92. The molecule has 4 rings (SSSR count). The molecule has 34 heavy (non-hydrogen) atoms. The van der Waals surface area contributed by atoms with Crippen molar-refractivity contribution < 1.29 is 36.6 Å². The summed E-state index contributed by atoms with van der Waals surface area (Å²) in [6, 6.07) is 4.80. The first-order chi connectivity index (χ1) is 15.8. The molecule has 2 aliphatic rings. The van der Waals surface area contributed by atoms with Crippen LogP contribution in [0, 0.1) is 29.3 Å². The minimum atomic E-state index is -4.03. The molecule has 3 N–H and O–H groups in total. The van der Waals surface area contributed by atoms with E-state index in [1.165, 1.54) is 19.1 Å². The molecule has 2 aromatic rings. The molecule has 2 saturated carbocycles. The number of benzene rings is 2. The highest BCUT2D eigenvalue weighted by Gasteiger charge is 2.55. The molecule has 0 saturated heterocycles. The highest BCUT2D eigenvalue weighted by Crippen LogP contribution is 2.52. The summed E-state index contributed by atoms with van der Waals surface area (Å²) in [6.45, 7) is 1.48. The quantitative estimate of drug-likeness (QED) is 0.518. The molecule has 3 atom stereocenters. The van der Waals surface area contributed by atoms with Crippen molar-refractivity contribution in [2.24, 2.45) is 11.8 Å². The van der Waals surface area contributed by atoms with E-state index in [-0.39, 0.29) is 45.8 Å². The molecule has 11 heteroatoms. The molecule has 0 aliphatic heterocycles. The number of aliphatic hydroxyl groups is 2. The van der Waals surface area contributed by atoms with Gasteiger partial charge in [-0.1, -0.05) is 11.6 Å². The number of carbonyl (C=O) groups excluding carboxylic acids is 1. The third kappa shape index (κ3) is 4.32. The Morgan fingerprint density at radius 3 is 2.21 bits per heavy atom. The number of hydrogen-bond acceptors (Lipinski definition) is 5. The molecule has 2 aliphatic carbocycles. The number of amides is 1. The first kappa shape index (κ1) is 25.0. The molecule has 0 radical (unpaired) electrons. The Morgan fingerprint density at radius 1 is 1.12 bits per heavy atom. The normalized spacial score (nSPS) is 27.4. The zero-order valence-corrected chi connectivity index (χ0v) is 19.6. The SMILES string of the molecule is CC(O)C1(O)CC2CCC(C1)C2S(=O)(=O)c1cc(C(=O)Nc2cc(F)c(F)c(F)c2)ccc1Cl. The second-order valence-corrected chi connectivity index (χ2v) is 11.6. The molecule has 184 valence electrons. The van der Waals surface area contributed by atoms with Crippen LogP contribution in [0.25, 0.3) is 0 Å². The largest absolute Gasteiger partial charge is 0.390 e. The second kappa shape index (κ2) is 8.82. The topological polar surface area (TPSA) is 104 Å². The molecule has 1 amide bonds. The number of carbonyl (C=O) groups is 1. The van der Waals surface area contributed by atoms with Gasteiger partial charge in [-0.2, -0.15) is 0 Å². The van der Waals surface area contributed by atoms with Crippen molar-refractivity contribution in [3.8, 4) is 0 Å². The van der Waals surface area contributed by atoms with Crippen molar-refractivity contribution in [2.75, 3.05) is 5.32 Å². The van der Waals surface area contributed by atoms with Crippen LogP contribution in [0.5, 0.6) is 0 Å². The lowest BCUT2D eigenvalue weighted by molar-refractivity contribution is -0.103. The van der Waals surface area contributed by atoms with E-state index in [2.05, 4.69) is 5.32 Å². The van der Waals surface area contributed by atoms with Gasteiger partial charge in [0.1, 0.15) is 0 Å². The standard InChI is InChI=1S/C23H23ClF3NO5S/c1-11(29)23(31)9-13-2-3-14(10-23)21(13)34(32,33)19-6-12(4-5-16(19)24)22(30)28-15-7-17(25)20(27)18(26)8-15/h4-8,11,13-14,21,29,31H,2-3,9-10H2,1H3,(H,28,30). The van der Waals surface area contributed by atoms with Crippen LogP contribution in [0.15, 0.2) is 35.2 Å². The van der Waals surface area contributed by atoms with Crippen LogP contribution in [0.3, 0.4) is 0 Å². The molecule has 2 aromatic carbocycles. The van der Waals surface area contributed by atoms with Gasteiger partial charge in [-0.05, 0) is 62.6 Å². The summed E-state index contributed by atoms with van der Waals surface area (Å²) in [5, 5.41) is 22.0. The van der Waals surface area contributed by atoms with E-state index in [9.17, 15) is 36.6 Å². The molecule has 6 nitrogen and oxygen atoms in total. The van der Waals surface area contributed by atoms with Gasteiger partial charge in [0.25, 0.3) is 5.91 Å². The summed E-state index contributed by atoms with van der Waals surface area (Å²) in [7, 11) is -4.03. The van der Waals surface area contributed by atoms with Crippen LogP contribution in [-0.2, 0) is 9.84 Å². The van der Waals surface area contributed by atoms with Gasteiger partial charge >= 0.3 is 0 Å². The van der Waals surface area contributed by atoms with Crippen LogP contribution in [0.1, 0.15) is 43.0 Å². The Balaban J connectivity index is 1.63. The van der Waals surface area contributed by atoms with E-state index < -0.39 is 50.2 Å². The number of sulfone groups is 1. The van der Waals surface area contributed by atoms with Crippen LogP contribution in [0.4, 0.5) is 18.9 Å². The summed E-state index contributed by atoms with van der Waals surface area (Å²) >= 11 is 6.21. The van der Waals surface area contributed by atoms with Crippen molar-refractivity contribution in [1.82, 2.24) is 0 Å². The summed E-state index contributed by atoms with van der Waals surface area (Å²) in [4.78, 5) is 12.4. The fraction of sp³-hybridized carbons (Fsp3) is 0.435. The maximum absolute atomic E-state index is 13.6. The molecular weight excluding hydrogens is 495 g/mol. The lowest BCUT2D eigenvalue weighted by Crippen LogP contribution is -2.51. The van der Waals surface area contributed by atoms with Crippen molar-refractivity contribution in [1.29, 1.82) is 0 Å². The Morgan fingerprint density at radius 2 is 1.68 bits per heavy atom. The molecular formula is C23H23ClF3NO5S. The minimum Gasteiger partial charge on any atom is -0.390 e. The van der Waals surface area contributed by atoms with E-state index in [4.69, 9.17) is 11.6 Å². The van der Waals surface area contributed by atoms with Crippen LogP contribution in [0.2, 0.25) is 5.02 Å². The molecule has 0 spiro atoms. The average Bonchev–Trinajstić information content (AvgIpc) is 3.05. The maximum Gasteiger partial charge on any atom is 0.255 e. The van der Waals surface area contributed by atoms with Gasteiger partial charge < -0.3 is 15.5 Å². The van der Waals surface area contributed by atoms with Gasteiger partial charge in [0.15, 0.2) is 27.3 Å². The van der Waals surface area contributed by atoms with Crippen LogP contribution >= 0.6 is 11.6 Å². The third-order valence-electron chi connectivity index (χ3n) is 6.95. The second-order valence-electron chi connectivity index (χ2n) is 9.15. The van der Waals surface area contributed by atoms with E-state index in [1.807, 2.05) is 0 Å². The molecule has 2 fully saturated rings. The fourth-order valence-corrected chi connectivity index (χ4v) is 8.10. The smallest absolute Gasteiger partial charge is 0.255 e. The van der Waals surface area contributed by atoms with Crippen LogP contribution in [-0.4, -0.2) is 41.5 Å². The Kier molecular flexibility index (Phi) is 6.48. The van der Waals surface area contributed by atoms with Gasteiger partial charge in [0.2, 0.25) is 0 Å². The molecule has 2 bridgehead atoms. The Bertz CT molecular complexity index is 1220. The third-order valence-corrected chi connectivity index (χ3v) is 9.83. The monoisotopic (exact) mass is 517 g/mol. The van der Waals surface area contributed by atoms with Gasteiger partial charge in [-0.3, -0.25) is 4.79 Å². The number of fused-ring (bicyclic) bond motifs is 2. The number of aliphatic hydroxyl groups excluding tert-OH is 1. The van der Waals surface area contributed by atoms with Gasteiger partial charge in [0, 0.05) is 23.4 Å². The number of rotatable bonds is 5.